The lowest BCUT2D eigenvalue weighted by atomic mass is 10.2. The predicted octanol–water partition coefficient (Wildman–Crippen LogP) is 2.26. The molecular formula is C13H20N4O. The van der Waals surface area contributed by atoms with Crippen molar-refractivity contribution in [1.29, 1.82) is 0 Å². The van der Waals surface area contributed by atoms with Crippen molar-refractivity contribution in [3.05, 3.63) is 23.9 Å². The Labute approximate surface area is 107 Å². The van der Waals surface area contributed by atoms with Crippen LogP contribution in [0.3, 0.4) is 0 Å². The van der Waals surface area contributed by atoms with Gasteiger partial charge >= 0.3 is 0 Å². The van der Waals surface area contributed by atoms with Crippen LogP contribution in [-0.4, -0.2) is 34.4 Å². The lowest BCUT2D eigenvalue weighted by molar-refractivity contribution is 0.182. The van der Waals surface area contributed by atoms with Gasteiger partial charge in [-0.2, -0.15) is 4.98 Å². The maximum absolute atomic E-state index is 5.20. The molecule has 0 aliphatic heterocycles. The fourth-order valence-electron chi connectivity index (χ4n) is 2.03. The van der Waals surface area contributed by atoms with Gasteiger partial charge < -0.3 is 10.1 Å². The summed E-state index contributed by atoms with van der Waals surface area (Å²) in [5.41, 5.74) is 2.02. The van der Waals surface area contributed by atoms with Gasteiger partial charge in [-0.25, -0.2) is 4.52 Å². The zero-order valence-electron chi connectivity index (χ0n) is 11.2. The van der Waals surface area contributed by atoms with Crippen LogP contribution in [-0.2, 0) is 4.74 Å². The van der Waals surface area contributed by atoms with Crippen LogP contribution in [0.1, 0.15) is 25.3 Å². The number of methoxy groups -OCH3 is 1. The number of ether oxygens (including phenoxy) is 1. The van der Waals surface area contributed by atoms with Crippen molar-refractivity contribution in [3.8, 4) is 0 Å². The molecule has 5 heteroatoms. The summed E-state index contributed by atoms with van der Waals surface area (Å²) in [5, 5.41) is 7.75. The molecule has 2 aromatic rings. The summed E-state index contributed by atoms with van der Waals surface area (Å²) in [7, 11) is 1.71. The van der Waals surface area contributed by atoms with Crippen LogP contribution >= 0.6 is 0 Å². The van der Waals surface area contributed by atoms with E-state index in [1.807, 2.05) is 25.3 Å². The zero-order valence-corrected chi connectivity index (χ0v) is 11.2. The molecule has 0 saturated carbocycles. The van der Waals surface area contributed by atoms with E-state index in [4.69, 9.17) is 4.74 Å². The Morgan fingerprint density at radius 3 is 3.00 bits per heavy atom. The van der Waals surface area contributed by atoms with Crippen LogP contribution in [0.25, 0.3) is 5.65 Å². The van der Waals surface area contributed by atoms with Crippen LogP contribution < -0.4 is 5.32 Å². The number of rotatable bonds is 6. The van der Waals surface area contributed by atoms with E-state index >= 15 is 0 Å². The summed E-state index contributed by atoms with van der Waals surface area (Å²) in [6.45, 7) is 4.86. The van der Waals surface area contributed by atoms with Gasteiger partial charge in [0.15, 0.2) is 5.65 Å². The third kappa shape index (κ3) is 2.79. The molecule has 18 heavy (non-hydrogen) atoms. The Bertz CT molecular complexity index is 503. The Morgan fingerprint density at radius 2 is 2.33 bits per heavy atom. The van der Waals surface area contributed by atoms with Crippen molar-refractivity contribution in [1.82, 2.24) is 14.6 Å². The van der Waals surface area contributed by atoms with Crippen LogP contribution in [0, 0.1) is 6.92 Å². The SMILES string of the molecule is CCCC(COC)Nc1nc2c(C)cccn2n1. The second-order valence-corrected chi connectivity index (χ2v) is 4.48. The first-order chi connectivity index (χ1) is 8.74. The van der Waals surface area contributed by atoms with Gasteiger partial charge in [-0.1, -0.05) is 19.4 Å². The Morgan fingerprint density at radius 1 is 1.50 bits per heavy atom. The molecule has 0 aromatic carbocycles. The largest absolute Gasteiger partial charge is 0.383 e. The number of nitrogens with one attached hydrogen (secondary N) is 1. The minimum absolute atomic E-state index is 0.262. The molecule has 0 saturated heterocycles. The molecule has 2 rings (SSSR count). The van der Waals surface area contributed by atoms with E-state index in [9.17, 15) is 0 Å². The highest BCUT2D eigenvalue weighted by Gasteiger charge is 2.11. The number of aryl methyl sites for hydroxylation is 1. The van der Waals surface area contributed by atoms with Crippen molar-refractivity contribution in [2.75, 3.05) is 19.0 Å². The normalized spacial score (nSPS) is 12.8. The van der Waals surface area contributed by atoms with Crippen molar-refractivity contribution < 1.29 is 4.74 Å². The summed E-state index contributed by atoms with van der Waals surface area (Å²) in [4.78, 5) is 4.50. The molecule has 1 atom stereocenters. The second kappa shape index (κ2) is 5.82. The molecule has 0 fully saturated rings. The number of anilines is 1. The van der Waals surface area contributed by atoms with Crippen molar-refractivity contribution >= 4 is 11.6 Å². The molecule has 1 unspecified atom stereocenters. The molecule has 2 aromatic heterocycles. The maximum atomic E-state index is 5.20. The highest BCUT2D eigenvalue weighted by molar-refractivity contribution is 5.49. The molecule has 0 bridgehead atoms. The minimum Gasteiger partial charge on any atom is -0.383 e. The molecule has 0 radical (unpaired) electrons. The van der Waals surface area contributed by atoms with Crippen molar-refractivity contribution in [3.63, 3.8) is 0 Å². The molecule has 0 aliphatic rings. The van der Waals surface area contributed by atoms with Crippen LogP contribution in [0.4, 0.5) is 5.95 Å². The van der Waals surface area contributed by atoms with Crippen LogP contribution in [0.5, 0.6) is 0 Å². The number of hydrogen-bond acceptors (Lipinski definition) is 4. The molecule has 2 heterocycles. The van der Waals surface area contributed by atoms with E-state index in [0.717, 1.165) is 24.1 Å². The summed E-state index contributed by atoms with van der Waals surface area (Å²) >= 11 is 0. The Kier molecular flexibility index (Phi) is 4.15. The number of aromatic nitrogens is 3. The van der Waals surface area contributed by atoms with Gasteiger partial charge in [-0.05, 0) is 25.0 Å². The smallest absolute Gasteiger partial charge is 0.243 e. The van der Waals surface area contributed by atoms with Gasteiger partial charge in [0.25, 0.3) is 0 Å². The standard InChI is InChI=1S/C13H20N4O/c1-4-6-11(9-18-3)14-13-15-12-10(2)7-5-8-17(12)16-13/h5,7-8,11H,4,6,9H2,1-3H3,(H,14,16). The highest BCUT2D eigenvalue weighted by atomic mass is 16.5. The first-order valence-electron chi connectivity index (χ1n) is 6.32. The van der Waals surface area contributed by atoms with E-state index in [1.165, 1.54) is 0 Å². The summed E-state index contributed by atoms with van der Waals surface area (Å²) < 4.78 is 7.00. The molecule has 0 aliphatic carbocycles. The third-order valence-electron chi connectivity index (χ3n) is 2.90. The van der Waals surface area contributed by atoms with Crippen LogP contribution in [0.2, 0.25) is 0 Å². The lowest BCUT2D eigenvalue weighted by Crippen LogP contribution is -2.25. The van der Waals surface area contributed by atoms with Gasteiger partial charge in [-0.15, -0.1) is 5.10 Å². The number of fused-ring (bicyclic) bond motifs is 1. The van der Waals surface area contributed by atoms with Gasteiger partial charge in [0.2, 0.25) is 5.95 Å². The number of pyridine rings is 1. The van der Waals surface area contributed by atoms with Crippen LogP contribution in [0.15, 0.2) is 18.3 Å². The zero-order chi connectivity index (χ0) is 13.0. The van der Waals surface area contributed by atoms with E-state index in [2.05, 4.69) is 22.3 Å². The van der Waals surface area contributed by atoms with E-state index in [-0.39, 0.29) is 6.04 Å². The molecule has 0 spiro atoms. The first-order valence-corrected chi connectivity index (χ1v) is 6.32. The fourth-order valence-corrected chi connectivity index (χ4v) is 2.03. The third-order valence-corrected chi connectivity index (χ3v) is 2.90. The maximum Gasteiger partial charge on any atom is 0.243 e. The highest BCUT2D eigenvalue weighted by Crippen LogP contribution is 2.12. The first kappa shape index (κ1) is 12.8. The van der Waals surface area contributed by atoms with E-state index in [0.29, 0.717) is 12.6 Å². The van der Waals surface area contributed by atoms with Gasteiger partial charge in [0.1, 0.15) is 0 Å². The summed E-state index contributed by atoms with van der Waals surface area (Å²) in [6, 6.07) is 4.27. The summed E-state index contributed by atoms with van der Waals surface area (Å²) in [6.07, 6.45) is 4.06. The molecular weight excluding hydrogens is 228 g/mol. The predicted molar refractivity (Wildman–Crippen MR) is 71.9 cm³/mol. The average molecular weight is 248 g/mol. The molecule has 5 nitrogen and oxygen atoms in total. The average Bonchev–Trinajstić information content (AvgIpc) is 2.74. The van der Waals surface area contributed by atoms with Crippen molar-refractivity contribution in [2.24, 2.45) is 0 Å². The lowest BCUT2D eigenvalue weighted by Gasteiger charge is -2.15. The van der Waals surface area contributed by atoms with Gasteiger partial charge in [0, 0.05) is 13.3 Å². The minimum atomic E-state index is 0.262. The van der Waals surface area contributed by atoms with E-state index < -0.39 is 0 Å². The molecule has 98 valence electrons. The van der Waals surface area contributed by atoms with E-state index in [1.54, 1.807) is 11.6 Å². The monoisotopic (exact) mass is 248 g/mol. The Hall–Kier alpha value is -1.62. The van der Waals surface area contributed by atoms with Gasteiger partial charge in [-0.3, -0.25) is 0 Å². The Balaban J connectivity index is 2.17. The molecule has 1 N–H and O–H groups in total. The quantitative estimate of drug-likeness (QED) is 0.852. The summed E-state index contributed by atoms with van der Waals surface area (Å²) in [5.74, 6) is 0.666. The number of nitrogens with zero attached hydrogens (tertiary/aromatic N) is 3. The fraction of sp³-hybridized carbons (Fsp3) is 0.538. The number of hydrogen-bond donors (Lipinski definition) is 1. The van der Waals surface area contributed by atoms with Crippen molar-refractivity contribution in [2.45, 2.75) is 32.7 Å². The van der Waals surface area contributed by atoms with Gasteiger partial charge in [0.05, 0.1) is 12.6 Å². The molecule has 0 amide bonds. The second-order valence-electron chi connectivity index (χ2n) is 4.48. The topological polar surface area (TPSA) is 51.5 Å².